The average molecular weight is 259 g/mol. The minimum absolute atomic E-state index is 0.587. The van der Waals surface area contributed by atoms with Gasteiger partial charge in [-0.2, -0.15) is 11.8 Å². The van der Waals surface area contributed by atoms with Crippen molar-refractivity contribution in [2.45, 2.75) is 25.9 Å². The van der Waals surface area contributed by atoms with Crippen molar-refractivity contribution in [2.24, 2.45) is 0 Å². The van der Waals surface area contributed by atoms with E-state index in [1.807, 2.05) is 18.8 Å². The molecule has 3 nitrogen and oxygen atoms in total. The van der Waals surface area contributed by atoms with E-state index in [2.05, 4.69) is 40.8 Å². The maximum absolute atomic E-state index is 4.62. The Morgan fingerprint density at radius 2 is 2.38 bits per heavy atom. The number of nitrogens with one attached hydrogen (secondary N) is 1. The fourth-order valence-electron chi connectivity index (χ4n) is 1.57. The summed E-state index contributed by atoms with van der Waals surface area (Å²) in [6, 6.07) is 0.587. The molecule has 0 aliphatic rings. The van der Waals surface area contributed by atoms with Crippen LogP contribution in [0.25, 0.3) is 0 Å². The molecule has 0 bridgehead atoms. The third-order valence-electron chi connectivity index (χ3n) is 2.58. The van der Waals surface area contributed by atoms with Crippen molar-refractivity contribution in [2.75, 3.05) is 31.0 Å². The first-order valence-corrected chi connectivity index (χ1v) is 7.81. The SMILES string of the molecule is CCC(CSC)N(C)c1nc(CNC)cs1. The van der Waals surface area contributed by atoms with Crippen molar-refractivity contribution in [3.63, 3.8) is 0 Å². The molecule has 92 valence electrons. The van der Waals surface area contributed by atoms with Gasteiger partial charge in [0.05, 0.1) is 5.69 Å². The molecule has 0 spiro atoms. The van der Waals surface area contributed by atoms with Gasteiger partial charge in [0, 0.05) is 30.8 Å². The lowest BCUT2D eigenvalue weighted by molar-refractivity contribution is 0.669. The number of rotatable bonds is 7. The third kappa shape index (κ3) is 3.64. The number of hydrogen-bond acceptors (Lipinski definition) is 5. The van der Waals surface area contributed by atoms with E-state index in [0.717, 1.165) is 29.5 Å². The highest BCUT2D eigenvalue weighted by atomic mass is 32.2. The molecule has 5 heteroatoms. The highest BCUT2D eigenvalue weighted by molar-refractivity contribution is 7.98. The van der Waals surface area contributed by atoms with Crippen LogP contribution in [0.3, 0.4) is 0 Å². The van der Waals surface area contributed by atoms with Crippen molar-refractivity contribution in [3.05, 3.63) is 11.1 Å². The van der Waals surface area contributed by atoms with Gasteiger partial charge in [0.2, 0.25) is 0 Å². The van der Waals surface area contributed by atoms with Crippen LogP contribution >= 0.6 is 23.1 Å². The first kappa shape index (κ1) is 13.8. The second-order valence-electron chi connectivity index (χ2n) is 3.78. The molecule has 0 aliphatic carbocycles. The van der Waals surface area contributed by atoms with E-state index in [4.69, 9.17) is 0 Å². The van der Waals surface area contributed by atoms with Gasteiger partial charge >= 0.3 is 0 Å². The lowest BCUT2D eigenvalue weighted by Gasteiger charge is -2.26. The molecule has 1 aromatic heterocycles. The second kappa shape index (κ2) is 7.14. The molecule has 0 amide bonds. The minimum atomic E-state index is 0.587. The van der Waals surface area contributed by atoms with Gasteiger partial charge in [-0.05, 0) is 19.7 Å². The maximum atomic E-state index is 4.62. The van der Waals surface area contributed by atoms with Crippen molar-refractivity contribution < 1.29 is 0 Å². The van der Waals surface area contributed by atoms with E-state index in [-0.39, 0.29) is 0 Å². The number of nitrogens with zero attached hydrogens (tertiary/aromatic N) is 2. The molecule has 0 saturated carbocycles. The Bertz CT molecular complexity index is 301. The van der Waals surface area contributed by atoms with E-state index in [0.29, 0.717) is 6.04 Å². The highest BCUT2D eigenvalue weighted by Crippen LogP contribution is 2.23. The Morgan fingerprint density at radius 1 is 1.62 bits per heavy atom. The van der Waals surface area contributed by atoms with Crippen LogP contribution in [0.1, 0.15) is 19.0 Å². The molecule has 1 heterocycles. The number of thioether (sulfide) groups is 1. The standard InChI is InChI=1S/C11H21N3S2/c1-5-10(8-15-4)14(3)11-13-9(6-12-2)7-16-11/h7,10,12H,5-6,8H2,1-4H3. The summed E-state index contributed by atoms with van der Waals surface area (Å²) < 4.78 is 0. The average Bonchev–Trinajstić information content (AvgIpc) is 2.74. The minimum Gasteiger partial charge on any atom is -0.347 e. The summed E-state index contributed by atoms with van der Waals surface area (Å²) in [6.07, 6.45) is 3.32. The summed E-state index contributed by atoms with van der Waals surface area (Å²) in [4.78, 5) is 6.93. The Balaban J connectivity index is 2.66. The van der Waals surface area contributed by atoms with E-state index in [1.54, 1.807) is 11.3 Å². The Hall–Kier alpha value is -0.260. The molecular formula is C11H21N3S2. The van der Waals surface area contributed by atoms with Gasteiger partial charge in [0.1, 0.15) is 0 Å². The van der Waals surface area contributed by atoms with Crippen LogP contribution in [0.15, 0.2) is 5.38 Å². The summed E-state index contributed by atoms with van der Waals surface area (Å²) in [6.45, 7) is 3.09. The molecular weight excluding hydrogens is 238 g/mol. The number of anilines is 1. The summed E-state index contributed by atoms with van der Waals surface area (Å²) in [5, 5.41) is 6.39. The largest absolute Gasteiger partial charge is 0.347 e. The Kier molecular flexibility index (Phi) is 6.16. The van der Waals surface area contributed by atoms with E-state index < -0.39 is 0 Å². The molecule has 0 aromatic carbocycles. The predicted molar refractivity (Wildman–Crippen MR) is 75.7 cm³/mol. The molecule has 1 rings (SSSR count). The first-order valence-electron chi connectivity index (χ1n) is 5.53. The van der Waals surface area contributed by atoms with E-state index in [9.17, 15) is 0 Å². The van der Waals surface area contributed by atoms with Gasteiger partial charge in [-0.3, -0.25) is 0 Å². The molecule has 16 heavy (non-hydrogen) atoms. The van der Waals surface area contributed by atoms with Crippen LogP contribution in [0, 0.1) is 0 Å². The summed E-state index contributed by atoms with van der Waals surface area (Å²) in [7, 11) is 4.09. The van der Waals surface area contributed by atoms with Gasteiger partial charge in [0.15, 0.2) is 5.13 Å². The second-order valence-corrected chi connectivity index (χ2v) is 5.53. The smallest absolute Gasteiger partial charge is 0.185 e. The summed E-state index contributed by atoms with van der Waals surface area (Å²) >= 11 is 3.63. The summed E-state index contributed by atoms with van der Waals surface area (Å²) in [5.74, 6) is 1.16. The lowest BCUT2D eigenvalue weighted by Crippen LogP contribution is -2.33. The highest BCUT2D eigenvalue weighted by Gasteiger charge is 2.15. The van der Waals surface area contributed by atoms with E-state index in [1.165, 1.54) is 0 Å². The predicted octanol–water partition coefficient (Wildman–Crippen LogP) is 2.44. The Labute approximate surface area is 107 Å². The molecule has 1 N–H and O–H groups in total. The number of thiazole rings is 1. The van der Waals surface area contributed by atoms with Gasteiger partial charge in [-0.15, -0.1) is 11.3 Å². The molecule has 0 aliphatic heterocycles. The van der Waals surface area contributed by atoms with Crippen LogP contribution in [0.4, 0.5) is 5.13 Å². The van der Waals surface area contributed by atoms with E-state index >= 15 is 0 Å². The van der Waals surface area contributed by atoms with Crippen LogP contribution in [-0.4, -0.2) is 37.1 Å². The van der Waals surface area contributed by atoms with Crippen molar-refractivity contribution in [3.8, 4) is 0 Å². The van der Waals surface area contributed by atoms with Crippen LogP contribution in [-0.2, 0) is 6.54 Å². The number of aromatic nitrogens is 1. The van der Waals surface area contributed by atoms with Gasteiger partial charge in [0.25, 0.3) is 0 Å². The summed E-state index contributed by atoms with van der Waals surface area (Å²) in [5.41, 5.74) is 1.13. The molecule has 1 unspecified atom stereocenters. The van der Waals surface area contributed by atoms with Crippen molar-refractivity contribution >= 4 is 28.2 Å². The molecule has 0 saturated heterocycles. The first-order chi connectivity index (χ1) is 7.72. The number of hydrogen-bond donors (Lipinski definition) is 1. The third-order valence-corrected chi connectivity index (χ3v) is 4.28. The molecule has 0 fully saturated rings. The normalized spacial score (nSPS) is 12.8. The topological polar surface area (TPSA) is 28.2 Å². The Morgan fingerprint density at radius 3 is 2.94 bits per heavy atom. The van der Waals surface area contributed by atoms with Crippen LogP contribution < -0.4 is 10.2 Å². The monoisotopic (exact) mass is 259 g/mol. The molecule has 1 atom stereocenters. The maximum Gasteiger partial charge on any atom is 0.185 e. The molecule has 0 radical (unpaired) electrons. The van der Waals surface area contributed by atoms with Crippen molar-refractivity contribution in [1.29, 1.82) is 0 Å². The van der Waals surface area contributed by atoms with Crippen molar-refractivity contribution in [1.82, 2.24) is 10.3 Å². The zero-order valence-electron chi connectivity index (χ0n) is 10.5. The van der Waals surface area contributed by atoms with Gasteiger partial charge < -0.3 is 10.2 Å². The van der Waals surface area contributed by atoms with Gasteiger partial charge in [-0.1, -0.05) is 6.92 Å². The lowest BCUT2D eigenvalue weighted by atomic mass is 10.2. The quantitative estimate of drug-likeness (QED) is 0.814. The molecule has 1 aromatic rings. The zero-order valence-corrected chi connectivity index (χ0v) is 12.1. The zero-order chi connectivity index (χ0) is 12.0. The van der Waals surface area contributed by atoms with Gasteiger partial charge in [-0.25, -0.2) is 4.98 Å². The fourth-order valence-corrected chi connectivity index (χ4v) is 3.28. The fraction of sp³-hybridized carbons (Fsp3) is 0.727. The van der Waals surface area contributed by atoms with Crippen LogP contribution in [0.5, 0.6) is 0 Å². The van der Waals surface area contributed by atoms with Crippen LogP contribution in [0.2, 0.25) is 0 Å².